The number of sulfonamides is 1. The molecular weight excluding hydrogens is 469 g/mol. The molecule has 1 saturated heterocycles. The summed E-state index contributed by atoms with van der Waals surface area (Å²) in [4.78, 5) is 17.9. The van der Waals surface area contributed by atoms with Crippen LogP contribution >= 0.6 is 11.3 Å². The number of hydrogen-bond donors (Lipinski definition) is 0. The monoisotopic (exact) mass is 493 g/mol. The molecule has 4 rings (SSSR count). The molecular formula is C22H24FN3O5S2. The summed E-state index contributed by atoms with van der Waals surface area (Å²) in [6.45, 7) is 2.71. The van der Waals surface area contributed by atoms with Gasteiger partial charge in [0, 0.05) is 25.2 Å². The van der Waals surface area contributed by atoms with Crippen LogP contribution in [0.4, 0.5) is 4.39 Å². The molecule has 2 aromatic carbocycles. The Kier molecular flexibility index (Phi) is 6.55. The summed E-state index contributed by atoms with van der Waals surface area (Å²) in [6, 6.07) is 7.36. The second kappa shape index (κ2) is 9.24. The Morgan fingerprint density at radius 3 is 2.48 bits per heavy atom. The first kappa shape index (κ1) is 23.4. The molecule has 33 heavy (non-hydrogen) atoms. The number of amides is 1. The van der Waals surface area contributed by atoms with Crippen LogP contribution in [0, 0.1) is 5.82 Å². The van der Waals surface area contributed by atoms with Gasteiger partial charge in [-0.05, 0) is 44.0 Å². The van der Waals surface area contributed by atoms with Crippen molar-refractivity contribution in [3.8, 4) is 11.5 Å². The lowest BCUT2D eigenvalue weighted by molar-refractivity contribution is -0.121. The number of halogens is 1. The number of thiazole rings is 1. The van der Waals surface area contributed by atoms with Crippen LogP contribution in [0.25, 0.3) is 10.2 Å². The summed E-state index contributed by atoms with van der Waals surface area (Å²) >= 11 is 1.32. The van der Waals surface area contributed by atoms with Crippen LogP contribution in [-0.4, -0.2) is 50.0 Å². The van der Waals surface area contributed by atoms with Gasteiger partial charge in [-0.2, -0.15) is 9.30 Å². The van der Waals surface area contributed by atoms with Crippen LogP contribution < -0.4 is 14.3 Å². The number of aromatic nitrogens is 1. The average Bonchev–Trinajstić information content (AvgIpc) is 3.43. The Morgan fingerprint density at radius 2 is 1.85 bits per heavy atom. The van der Waals surface area contributed by atoms with Gasteiger partial charge < -0.3 is 14.0 Å². The summed E-state index contributed by atoms with van der Waals surface area (Å²) in [5.41, 5.74) is 0.842. The zero-order valence-corrected chi connectivity index (χ0v) is 20.1. The molecule has 0 bridgehead atoms. The summed E-state index contributed by atoms with van der Waals surface area (Å²) < 4.78 is 54.1. The van der Waals surface area contributed by atoms with Crippen molar-refractivity contribution in [2.75, 3.05) is 20.8 Å². The van der Waals surface area contributed by atoms with Crippen LogP contribution in [0.2, 0.25) is 0 Å². The first-order valence-corrected chi connectivity index (χ1v) is 12.7. The lowest BCUT2D eigenvalue weighted by Gasteiger charge is -2.21. The van der Waals surface area contributed by atoms with Crippen molar-refractivity contribution in [1.82, 2.24) is 8.87 Å². The normalized spacial score (nSPS) is 17.6. The number of fused-ring (bicyclic) bond motifs is 1. The zero-order valence-electron chi connectivity index (χ0n) is 18.4. The molecule has 1 amide bonds. The predicted molar refractivity (Wildman–Crippen MR) is 122 cm³/mol. The number of benzene rings is 2. The topological polar surface area (TPSA) is 90.2 Å². The molecule has 1 aliphatic rings. The number of methoxy groups -OCH3 is 2. The van der Waals surface area contributed by atoms with Crippen molar-refractivity contribution in [3.63, 3.8) is 0 Å². The minimum Gasteiger partial charge on any atom is -0.493 e. The molecule has 1 aliphatic heterocycles. The van der Waals surface area contributed by atoms with Gasteiger partial charge in [-0.15, -0.1) is 0 Å². The highest BCUT2D eigenvalue weighted by Crippen LogP contribution is 2.33. The molecule has 1 atom stereocenters. The molecule has 1 fully saturated rings. The molecule has 176 valence electrons. The number of ether oxygens (including phenoxy) is 2. The van der Waals surface area contributed by atoms with Gasteiger partial charge >= 0.3 is 0 Å². The van der Waals surface area contributed by atoms with E-state index in [9.17, 15) is 17.6 Å². The van der Waals surface area contributed by atoms with Gasteiger partial charge in [0.1, 0.15) is 11.9 Å². The maximum absolute atomic E-state index is 13.3. The molecule has 2 heterocycles. The highest BCUT2D eigenvalue weighted by atomic mass is 32.2. The zero-order chi connectivity index (χ0) is 23.8. The van der Waals surface area contributed by atoms with Gasteiger partial charge in [-0.1, -0.05) is 11.3 Å². The van der Waals surface area contributed by atoms with Gasteiger partial charge in [0.25, 0.3) is 5.91 Å². The number of carbonyl (C=O) groups is 1. The van der Waals surface area contributed by atoms with E-state index in [0.717, 1.165) is 22.3 Å². The molecule has 1 aromatic heterocycles. The quantitative estimate of drug-likeness (QED) is 0.526. The fourth-order valence-corrected chi connectivity index (χ4v) is 6.73. The van der Waals surface area contributed by atoms with Gasteiger partial charge in [-0.3, -0.25) is 4.79 Å². The Balaban J connectivity index is 1.73. The maximum atomic E-state index is 13.3. The Hall–Kier alpha value is -2.76. The van der Waals surface area contributed by atoms with Crippen LogP contribution in [-0.2, 0) is 21.4 Å². The van der Waals surface area contributed by atoms with Crippen LogP contribution in [0.3, 0.4) is 0 Å². The largest absolute Gasteiger partial charge is 0.493 e. The van der Waals surface area contributed by atoms with Gasteiger partial charge in [-0.25, -0.2) is 12.8 Å². The van der Waals surface area contributed by atoms with E-state index in [1.165, 1.54) is 27.8 Å². The Bertz CT molecular complexity index is 1360. The van der Waals surface area contributed by atoms with Crippen molar-refractivity contribution in [3.05, 3.63) is 47.0 Å². The molecule has 11 heteroatoms. The summed E-state index contributed by atoms with van der Waals surface area (Å²) in [6.07, 6.45) is 0.919. The van der Waals surface area contributed by atoms with Gasteiger partial charge in [0.05, 0.1) is 29.3 Å². The fraction of sp³-hybridized carbons (Fsp3) is 0.364. The molecule has 0 radical (unpaired) electrons. The van der Waals surface area contributed by atoms with Crippen molar-refractivity contribution in [2.45, 2.75) is 37.2 Å². The van der Waals surface area contributed by atoms with Crippen LogP contribution in [0.1, 0.15) is 19.8 Å². The summed E-state index contributed by atoms with van der Waals surface area (Å²) in [7, 11) is -0.846. The van der Waals surface area contributed by atoms with Gasteiger partial charge in [0.2, 0.25) is 10.0 Å². The maximum Gasteiger partial charge on any atom is 0.266 e. The Labute approximate surface area is 194 Å². The third-order valence-corrected chi connectivity index (χ3v) is 8.58. The van der Waals surface area contributed by atoms with E-state index in [4.69, 9.17) is 9.47 Å². The lowest BCUT2D eigenvalue weighted by Crippen LogP contribution is -2.40. The van der Waals surface area contributed by atoms with Crippen LogP contribution in [0.5, 0.6) is 11.5 Å². The number of nitrogens with zero attached hydrogens (tertiary/aromatic N) is 3. The standard InChI is InChI=1S/C22H24FN3O5S2/c1-4-25-17-12-18(30-2)19(31-3)13-20(17)32-22(25)24-21(27)16-6-5-11-26(16)33(28,29)15-9-7-14(23)8-10-15/h7-10,12-13,16H,4-6,11H2,1-3H3. The lowest BCUT2D eigenvalue weighted by atomic mass is 10.2. The summed E-state index contributed by atoms with van der Waals surface area (Å²) in [5, 5.41) is 0. The fourth-order valence-electron chi connectivity index (χ4n) is 3.97. The highest BCUT2D eigenvalue weighted by molar-refractivity contribution is 7.89. The smallest absolute Gasteiger partial charge is 0.266 e. The molecule has 3 aromatic rings. The minimum absolute atomic E-state index is 0.0479. The molecule has 0 N–H and O–H groups in total. The number of hydrogen-bond acceptors (Lipinski definition) is 6. The Morgan fingerprint density at radius 1 is 1.18 bits per heavy atom. The van der Waals surface area contributed by atoms with E-state index in [-0.39, 0.29) is 11.4 Å². The van der Waals surface area contributed by atoms with E-state index >= 15 is 0 Å². The molecule has 0 saturated carbocycles. The van der Waals surface area contributed by atoms with E-state index in [1.807, 2.05) is 23.6 Å². The van der Waals surface area contributed by atoms with E-state index < -0.39 is 27.8 Å². The minimum atomic E-state index is -3.95. The summed E-state index contributed by atoms with van der Waals surface area (Å²) in [5.74, 6) is 0.0842. The third-order valence-electron chi connectivity index (χ3n) is 5.62. The number of carbonyl (C=O) groups excluding carboxylic acids is 1. The first-order valence-electron chi connectivity index (χ1n) is 10.4. The van der Waals surface area contributed by atoms with E-state index in [0.29, 0.717) is 35.7 Å². The second-order valence-corrected chi connectivity index (χ2v) is 10.4. The predicted octanol–water partition coefficient (Wildman–Crippen LogP) is 3.16. The molecule has 1 unspecified atom stereocenters. The molecule has 8 nitrogen and oxygen atoms in total. The van der Waals surface area contributed by atoms with Crippen molar-refractivity contribution in [1.29, 1.82) is 0 Å². The van der Waals surface area contributed by atoms with E-state index in [1.54, 1.807) is 14.2 Å². The third kappa shape index (κ3) is 4.28. The van der Waals surface area contributed by atoms with Crippen molar-refractivity contribution in [2.24, 2.45) is 4.99 Å². The SMILES string of the molecule is CCn1c(=NC(=O)C2CCCN2S(=O)(=O)c2ccc(F)cc2)sc2cc(OC)c(OC)cc21. The number of aryl methyl sites for hydroxylation is 1. The van der Waals surface area contributed by atoms with Crippen molar-refractivity contribution < 1.29 is 27.1 Å². The highest BCUT2D eigenvalue weighted by Gasteiger charge is 2.39. The van der Waals surface area contributed by atoms with Crippen molar-refractivity contribution >= 4 is 37.5 Å². The molecule has 0 aliphatic carbocycles. The van der Waals surface area contributed by atoms with Crippen LogP contribution in [0.15, 0.2) is 46.3 Å². The average molecular weight is 494 g/mol. The molecule has 0 spiro atoms. The number of rotatable bonds is 6. The van der Waals surface area contributed by atoms with E-state index in [2.05, 4.69) is 4.99 Å². The second-order valence-electron chi connectivity index (χ2n) is 7.48. The first-order chi connectivity index (χ1) is 15.8. The van der Waals surface area contributed by atoms with Gasteiger partial charge in [0.15, 0.2) is 16.3 Å².